The summed E-state index contributed by atoms with van der Waals surface area (Å²) in [5.41, 5.74) is 0.0170. The number of carbonyl (C=O) groups excluding carboxylic acids is 1. The molecule has 0 aromatic carbocycles. The molecular formula is C15H17N3OS. The maximum Gasteiger partial charge on any atom is 0.243 e. The highest BCUT2D eigenvalue weighted by Gasteiger charge is 2.51. The second kappa shape index (κ2) is 6.15. The first-order valence-electron chi connectivity index (χ1n) is 6.78. The first kappa shape index (κ1) is 14.7. The molecule has 1 aliphatic carbocycles. The monoisotopic (exact) mass is 287 g/mol. The van der Waals surface area contributed by atoms with Crippen molar-refractivity contribution in [1.82, 2.24) is 5.32 Å². The molecule has 1 fully saturated rings. The summed E-state index contributed by atoms with van der Waals surface area (Å²) in [6.07, 6.45) is 6.28. The second-order valence-corrected chi connectivity index (χ2v) is 6.21. The maximum absolute atomic E-state index is 12.2. The lowest BCUT2D eigenvalue weighted by Crippen LogP contribution is -2.48. The van der Waals surface area contributed by atoms with E-state index in [1.54, 1.807) is 6.08 Å². The molecule has 104 valence electrons. The summed E-state index contributed by atoms with van der Waals surface area (Å²) in [5.74, 6) is -0.376. The molecule has 1 heterocycles. The molecule has 0 saturated heterocycles. The minimum absolute atomic E-state index is 0.264. The van der Waals surface area contributed by atoms with E-state index in [0.717, 1.165) is 32.1 Å². The van der Waals surface area contributed by atoms with Crippen molar-refractivity contribution >= 4 is 17.7 Å². The Bertz CT molecular complexity index is 532. The van der Waals surface area contributed by atoms with Gasteiger partial charge in [0.05, 0.1) is 22.7 Å². The minimum atomic E-state index is -0.745. The van der Waals surface area contributed by atoms with Gasteiger partial charge in [-0.2, -0.15) is 10.5 Å². The summed E-state index contributed by atoms with van der Waals surface area (Å²) in [6.45, 7) is 3.66. The zero-order valence-electron chi connectivity index (χ0n) is 11.3. The van der Waals surface area contributed by atoms with Crippen LogP contribution in [-0.2, 0) is 4.79 Å². The number of thioether (sulfide) groups is 1. The first-order valence-corrected chi connectivity index (χ1v) is 7.77. The third-order valence-electron chi connectivity index (χ3n) is 4.11. The largest absolute Gasteiger partial charge is 0.319 e. The Kier molecular flexibility index (Phi) is 4.52. The van der Waals surface area contributed by atoms with Crippen LogP contribution in [0.15, 0.2) is 23.3 Å². The zero-order chi connectivity index (χ0) is 14.6. The van der Waals surface area contributed by atoms with Crippen LogP contribution >= 0.6 is 11.8 Å². The summed E-state index contributed by atoms with van der Waals surface area (Å²) in [7, 11) is 0. The summed E-state index contributed by atoms with van der Waals surface area (Å²) in [5, 5.41) is 22.3. The number of amides is 1. The van der Waals surface area contributed by atoms with Crippen molar-refractivity contribution in [1.29, 1.82) is 10.5 Å². The molecule has 4 nitrogen and oxygen atoms in total. The summed E-state index contributed by atoms with van der Waals surface area (Å²) in [4.78, 5) is 12.2. The number of nitriles is 2. The lowest BCUT2D eigenvalue weighted by Gasteiger charge is -2.43. The Labute approximate surface area is 123 Å². The van der Waals surface area contributed by atoms with Gasteiger partial charge in [-0.15, -0.1) is 18.3 Å². The zero-order valence-corrected chi connectivity index (χ0v) is 12.1. The van der Waals surface area contributed by atoms with Gasteiger partial charge in [0.15, 0.2) is 0 Å². The number of carbonyl (C=O) groups is 1. The highest BCUT2D eigenvalue weighted by atomic mass is 32.2. The van der Waals surface area contributed by atoms with Gasteiger partial charge in [0.2, 0.25) is 5.91 Å². The summed E-state index contributed by atoms with van der Waals surface area (Å²) >= 11 is 1.41. The Balaban J connectivity index is 2.50. The maximum atomic E-state index is 12.2. The lowest BCUT2D eigenvalue weighted by molar-refractivity contribution is -0.126. The molecule has 2 aliphatic rings. The van der Waals surface area contributed by atoms with Crippen LogP contribution in [0.5, 0.6) is 0 Å². The van der Waals surface area contributed by atoms with Crippen molar-refractivity contribution in [2.75, 3.05) is 5.75 Å². The number of hydrogen-bond donors (Lipinski definition) is 1. The van der Waals surface area contributed by atoms with Crippen LogP contribution in [0.3, 0.4) is 0 Å². The van der Waals surface area contributed by atoms with Crippen LogP contribution in [0, 0.1) is 34.0 Å². The average molecular weight is 287 g/mol. The van der Waals surface area contributed by atoms with E-state index in [1.165, 1.54) is 11.8 Å². The first-order chi connectivity index (χ1) is 9.69. The van der Waals surface area contributed by atoms with E-state index >= 15 is 0 Å². The van der Waals surface area contributed by atoms with E-state index < -0.39 is 11.3 Å². The van der Waals surface area contributed by atoms with Gasteiger partial charge in [0, 0.05) is 11.2 Å². The highest BCUT2D eigenvalue weighted by molar-refractivity contribution is 8.03. The van der Waals surface area contributed by atoms with Crippen LogP contribution in [0.25, 0.3) is 0 Å². The van der Waals surface area contributed by atoms with Crippen molar-refractivity contribution < 1.29 is 4.79 Å². The second-order valence-electron chi connectivity index (χ2n) is 5.18. The van der Waals surface area contributed by atoms with Crippen molar-refractivity contribution in [3.8, 4) is 12.1 Å². The van der Waals surface area contributed by atoms with Gasteiger partial charge in [-0.25, -0.2) is 0 Å². The van der Waals surface area contributed by atoms with Crippen LogP contribution in [0.1, 0.15) is 32.1 Å². The van der Waals surface area contributed by atoms with Gasteiger partial charge in [-0.3, -0.25) is 4.79 Å². The van der Waals surface area contributed by atoms with Crippen molar-refractivity contribution in [2.45, 2.75) is 32.1 Å². The number of allylic oxidation sites excluding steroid dienone is 1. The van der Waals surface area contributed by atoms with Gasteiger partial charge in [0.1, 0.15) is 5.92 Å². The van der Waals surface area contributed by atoms with Crippen LogP contribution in [0.2, 0.25) is 0 Å². The predicted molar refractivity (Wildman–Crippen MR) is 78.1 cm³/mol. The summed E-state index contributed by atoms with van der Waals surface area (Å²) in [6, 6.07) is 4.40. The topological polar surface area (TPSA) is 76.7 Å². The molecule has 1 N–H and O–H groups in total. The Morgan fingerprint density at radius 1 is 1.40 bits per heavy atom. The number of rotatable bonds is 3. The standard InChI is InChI=1S/C15H17N3OS/c1-2-8-20-14-12(10-17)15(6-4-3-5-7-15)11(9-16)13(19)18-14/h2,11H,1,3-8H2,(H,18,19)/t11-/m1/s1. The van der Waals surface area contributed by atoms with E-state index in [-0.39, 0.29) is 5.91 Å². The average Bonchev–Trinajstić information content (AvgIpc) is 2.46. The molecule has 1 spiro atoms. The molecule has 2 rings (SSSR count). The van der Waals surface area contributed by atoms with Gasteiger partial charge in [-0.05, 0) is 12.8 Å². The molecule has 1 atom stereocenters. The molecule has 0 bridgehead atoms. The molecule has 1 aliphatic heterocycles. The Morgan fingerprint density at radius 2 is 2.10 bits per heavy atom. The van der Waals surface area contributed by atoms with Crippen molar-refractivity contribution in [3.63, 3.8) is 0 Å². The van der Waals surface area contributed by atoms with Crippen LogP contribution in [-0.4, -0.2) is 11.7 Å². The normalized spacial score (nSPS) is 24.7. The summed E-state index contributed by atoms with van der Waals surface area (Å²) < 4.78 is 0. The van der Waals surface area contributed by atoms with E-state index in [9.17, 15) is 15.3 Å². The van der Waals surface area contributed by atoms with Crippen molar-refractivity contribution in [3.05, 3.63) is 23.3 Å². The van der Waals surface area contributed by atoms with Gasteiger partial charge >= 0.3 is 0 Å². The Hall–Kier alpha value is -1.72. The smallest absolute Gasteiger partial charge is 0.243 e. The Morgan fingerprint density at radius 3 is 2.65 bits per heavy atom. The van der Waals surface area contributed by atoms with Crippen LogP contribution in [0.4, 0.5) is 0 Å². The fourth-order valence-electron chi connectivity index (χ4n) is 3.18. The SMILES string of the molecule is C=CCSC1=C(C#N)C2(CCCCC2)[C@H](C#N)C(=O)N1. The quantitative estimate of drug-likeness (QED) is 0.810. The number of hydrogen-bond acceptors (Lipinski definition) is 4. The lowest BCUT2D eigenvalue weighted by atomic mass is 9.61. The molecule has 0 radical (unpaired) electrons. The molecule has 0 unspecified atom stereocenters. The van der Waals surface area contributed by atoms with E-state index in [2.05, 4.69) is 24.0 Å². The van der Waals surface area contributed by atoms with Gasteiger partial charge in [0.25, 0.3) is 0 Å². The van der Waals surface area contributed by atoms with E-state index in [0.29, 0.717) is 16.4 Å². The molecule has 5 heteroatoms. The highest BCUT2D eigenvalue weighted by Crippen LogP contribution is 2.51. The minimum Gasteiger partial charge on any atom is -0.319 e. The van der Waals surface area contributed by atoms with Crippen molar-refractivity contribution in [2.24, 2.45) is 11.3 Å². The third kappa shape index (κ3) is 2.34. The van der Waals surface area contributed by atoms with Gasteiger partial charge < -0.3 is 5.32 Å². The fourth-order valence-corrected chi connectivity index (χ4v) is 4.03. The van der Waals surface area contributed by atoms with E-state index in [1.807, 2.05) is 0 Å². The van der Waals surface area contributed by atoms with E-state index in [4.69, 9.17) is 0 Å². The third-order valence-corrected chi connectivity index (χ3v) is 5.11. The molecule has 1 saturated carbocycles. The molecule has 20 heavy (non-hydrogen) atoms. The molecule has 1 amide bonds. The molecule has 0 aromatic heterocycles. The fraction of sp³-hybridized carbons (Fsp3) is 0.533. The number of nitrogens with zero attached hydrogens (tertiary/aromatic N) is 2. The molecular weight excluding hydrogens is 270 g/mol. The van der Waals surface area contributed by atoms with Gasteiger partial charge in [-0.1, -0.05) is 25.3 Å². The number of nitrogens with one attached hydrogen (secondary N) is 1. The van der Waals surface area contributed by atoms with Crippen LogP contribution < -0.4 is 5.32 Å². The molecule has 0 aromatic rings. The predicted octanol–water partition coefficient (Wildman–Crippen LogP) is 2.86.